The van der Waals surface area contributed by atoms with Crippen molar-refractivity contribution in [3.63, 3.8) is 0 Å². The summed E-state index contributed by atoms with van der Waals surface area (Å²) in [7, 11) is 1.53. The van der Waals surface area contributed by atoms with Crippen molar-refractivity contribution >= 4 is 40.8 Å². The van der Waals surface area contributed by atoms with Gasteiger partial charge in [0.15, 0.2) is 10.9 Å². The minimum atomic E-state index is -0.513. The predicted octanol–water partition coefficient (Wildman–Crippen LogP) is 1.93. The summed E-state index contributed by atoms with van der Waals surface area (Å²) < 4.78 is 5.69. The van der Waals surface area contributed by atoms with Crippen LogP contribution in [0.25, 0.3) is 11.4 Å². The SMILES string of the molecule is C[C@H]1COCCN1c1nc(-c2ccc(NC(=S)N(C)C(=O)NN)cc2)nc2c1CCN(c1ncccn1)C2. The lowest BCUT2D eigenvalue weighted by molar-refractivity contribution is 0.0984. The van der Waals surface area contributed by atoms with Gasteiger partial charge in [-0.05, 0) is 55.9 Å². The standard InChI is InChI=1S/C25H30N10O2S/c1-16-15-37-13-12-35(16)22-19-8-11-34(23-27-9-3-10-28-23)14-20(19)30-21(31-22)17-4-6-18(7-5-17)29-25(38)33(2)24(36)32-26/h3-7,9-10,16H,8,11-15,26H2,1-2H3,(H,29,38)(H,32,36)/t16-/m0/s1. The number of hydrogen-bond donors (Lipinski definition) is 3. The monoisotopic (exact) mass is 534 g/mol. The number of fused-ring (bicyclic) bond motifs is 1. The van der Waals surface area contributed by atoms with E-state index < -0.39 is 6.03 Å². The van der Waals surface area contributed by atoms with Crippen LogP contribution in [0.15, 0.2) is 42.7 Å². The van der Waals surface area contributed by atoms with Gasteiger partial charge < -0.3 is 19.9 Å². The number of hydrogen-bond acceptors (Lipinski definition) is 10. The first kappa shape index (κ1) is 25.7. The van der Waals surface area contributed by atoms with Crippen LogP contribution >= 0.6 is 12.2 Å². The average Bonchev–Trinajstić information content (AvgIpc) is 2.96. The lowest BCUT2D eigenvalue weighted by atomic mass is 10.0. The molecular weight excluding hydrogens is 504 g/mol. The first-order chi connectivity index (χ1) is 18.4. The van der Waals surface area contributed by atoms with Gasteiger partial charge in [-0.3, -0.25) is 10.3 Å². The van der Waals surface area contributed by atoms with Gasteiger partial charge in [-0.25, -0.2) is 30.6 Å². The molecule has 13 heteroatoms. The second-order valence-corrected chi connectivity index (χ2v) is 9.54. The Morgan fingerprint density at radius 2 is 1.95 bits per heavy atom. The molecule has 2 aliphatic heterocycles. The van der Waals surface area contributed by atoms with Gasteiger partial charge in [0, 0.05) is 49.3 Å². The normalized spacial score (nSPS) is 17.0. The van der Waals surface area contributed by atoms with Crippen LogP contribution < -0.4 is 26.4 Å². The molecule has 2 aliphatic rings. The minimum Gasteiger partial charge on any atom is -0.377 e. The van der Waals surface area contributed by atoms with Gasteiger partial charge in [0.25, 0.3) is 0 Å². The number of carbonyl (C=O) groups is 1. The number of benzene rings is 1. The van der Waals surface area contributed by atoms with E-state index >= 15 is 0 Å². The molecular formula is C25H30N10O2S. The highest BCUT2D eigenvalue weighted by Crippen LogP contribution is 2.32. The van der Waals surface area contributed by atoms with Crippen LogP contribution in [0.2, 0.25) is 0 Å². The lowest BCUT2D eigenvalue weighted by Gasteiger charge is -2.37. The molecule has 0 radical (unpaired) electrons. The summed E-state index contributed by atoms with van der Waals surface area (Å²) in [6, 6.07) is 9.13. The Morgan fingerprint density at radius 1 is 1.18 bits per heavy atom. The molecule has 0 saturated carbocycles. The Balaban J connectivity index is 1.46. The zero-order chi connectivity index (χ0) is 26.6. The van der Waals surface area contributed by atoms with Gasteiger partial charge in [0.2, 0.25) is 5.95 Å². The van der Waals surface area contributed by atoms with E-state index in [9.17, 15) is 4.79 Å². The number of amides is 2. The van der Waals surface area contributed by atoms with E-state index in [0.717, 1.165) is 42.3 Å². The molecule has 5 rings (SSSR count). The average molecular weight is 535 g/mol. The van der Waals surface area contributed by atoms with Gasteiger partial charge in [-0.1, -0.05) is 0 Å². The summed E-state index contributed by atoms with van der Waals surface area (Å²) >= 11 is 5.29. The number of nitrogens with one attached hydrogen (secondary N) is 2. The van der Waals surface area contributed by atoms with Gasteiger partial charge in [0.05, 0.1) is 31.5 Å². The maximum Gasteiger partial charge on any atom is 0.337 e. The molecule has 2 amide bonds. The molecule has 1 fully saturated rings. The molecule has 1 saturated heterocycles. The van der Waals surface area contributed by atoms with Gasteiger partial charge >= 0.3 is 6.03 Å². The van der Waals surface area contributed by atoms with Gasteiger partial charge in [0.1, 0.15) is 5.82 Å². The van der Waals surface area contributed by atoms with Crippen LogP contribution in [0, 0.1) is 0 Å². The maximum atomic E-state index is 11.7. The van der Waals surface area contributed by atoms with Crippen molar-refractivity contribution in [2.24, 2.45) is 5.84 Å². The van der Waals surface area contributed by atoms with Crippen LogP contribution in [0.5, 0.6) is 0 Å². The number of urea groups is 1. The Hall–Kier alpha value is -3.94. The number of aromatic nitrogens is 4. The van der Waals surface area contributed by atoms with Gasteiger partial charge in [-0.15, -0.1) is 0 Å². The highest BCUT2D eigenvalue weighted by molar-refractivity contribution is 7.80. The minimum absolute atomic E-state index is 0.210. The first-order valence-electron chi connectivity index (χ1n) is 12.4. The van der Waals surface area contributed by atoms with Crippen LogP contribution in [0.1, 0.15) is 18.2 Å². The van der Waals surface area contributed by atoms with Crippen molar-refractivity contribution in [2.45, 2.75) is 25.9 Å². The topological polar surface area (TPSA) is 138 Å². The molecule has 4 N–H and O–H groups in total. The van der Waals surface area contributed by atoms with E-state index in [1.807, 2.05) is 30.3 Å². The number of rotatable bonds is 4. The number of ether oxygens (including phenoxy) is 1. The Bertz CT molecular complexity index is 1310. The van der Waals surface area contributed by atoms with Crippen molar-refractivity contribution in [2.75, 3.05) is 48.5 Å². The van der Waals surface area contributed by atoms with Crippen LogP contribution in [-0.4, -0.2) is 75.4 Å². The molecule has 4 heterocycles. The third-order valence-corrected chi connectivity index (χ3v) is 7.02. The Morgan fingerprint density at radius 3 is 2.66 bits per heavy atom. The molecule has 2 aromatic heterocycles. The Kier molecular flexibility index (Phi) is 7.58. The van der Waals surface area contributed by atoms with Crippen LogP contribution in [0.3, 0.4) is 0 Å². The fourth-order valence-corrected chi connectivity index (χ4v) is 4.74. The number of carbonyl (C=O) groups excluding carboxylic acids is 1. The van der Waals surface area contributed by atoms with Crippen molar-refractivity contribution in [1.82, 2.24) is 30.3 Å². The zero-order valence-corrected chi connectivity index (χ0v) is 22.1. The van der Waals surface area contributed by atoms with Crippen molar-refractivity contribution in [3.8, 4) is 11.4 Å². The summed E-state index contributed by atoms with van der Waals surface area (Å²) in [6.45, 7) is 5.66. The summed E-state index contributed by atoms with van der Waals surface area (Å²) in [5.41, 5.74) is 5.79. The van der Waals surface area contributed by atoms with E-state index in [4.69, 9.17) is 32.8 Å². The highest BCUT2D eigenvalue weighted by Gasteiger charge is 2.29. The molecule has 12 nitrogen and oxygen atoms in total. The molecule has 0 unspecified atom stereocenters. The first-order valence-corrected chi connectivity index (χ1v) is 12.8. The second kappa shape index (κ2) is 11.2. The van der Waals surface area contributed by atoms with Crippen molar-refractivity contribution < 1.29 is 9.53 Å². The van der Waals surface area contributed by atoms with Crippen molar-refractivity contribution in [3.05, 3.63) is 54.0 Å². The maximum absolute atomic E-state index is 11.7. The van der Waals surface area contributed by atoms with Crippen LogP contribution in [-0.2, 0) is 17.7 Å². The quantitative estimate of drug-likeness (QED) is 0.196. The van der Waals surface area contributed by atoms with E-state index in [0.29, 0.717) is 31.5 Å². The molecule has 3 aromatic rings. The molecule has 0 spiro atoms. The third kappa shape index (κ3) is 5.35. The summed E-state index contributed by atoms with van der Waals surface area (Å²) in [6.07, 6.45) is 4.31. The summed E-state index contributed by atoms with van der Waals surface area (Å²) in [5, 5.41) is 3.26. The van der Waals surface area contributed by atoms with Gasteiger partial charge in [-0.2, -0.15) is 0 Å². The van der Waals surface area contributed by atoms with E-state index in [1.54, 1.807) is 12.4 Å². The number of morpholine rings is 1. The number of hydrazine groups is 1. The van der Waals surface area contributed by atoms with E-state index in [-0.39, 0.29) is 11.2 Å². The summed E-state index contributed by atoms with van der Waals surface area (Å²) in [5.74, 6) is 7.49. The highest BCUT2D eigenvalue weighted by atomic mass is 32.1. The Labute approximate surface area is 226 Å². The molecule has 1 aromatic carbocycles. The zero-order valence-electron chi connectivity index (χ0n) is 21.3. The number of nitrogens with zero attached hydrogens (tertiary/aromatic N) is 7. The lowest BCUT2D eigenvalue weighted by Crippen LogP contribution is -2.45. The van der Waals surface area contributed by atoms with Crippen LogP contribution in [0.4, 0.5) is 22.2 Å². The predicted molar refractivity (Wildman–Crippen MR) is 149 cm³/mol. The fraction of sp³-hybridized carbons (Fsp3) is 0.360. The smallest absolute Gasteiger partial charge is 0.337 e. The molecule has 38 heavy (non-hydrogen) atoms. The molecule has 1 atom stereocenters. The van der Waals surface area contributed by atoms with E-state index in [1.165, 1.54) is 17.5 Å². The number of nitrogens with two attached hydrogens (primary N) is 1. The molecule has 0 bridgehead atoms. The summed E-state index contributed by atoms with van der Waals surface area (Å²) in [4.78, 5) is 36.4. The largest absolute Gasteiger partial charge is 0.377 e. The van der Waals surface area contributed by atoms with E-state index in [2.05, 4.69) is 37.4 Å². The number of thiocarbonyl (C=S) groups is 1. The third-order valence-electron chi connectivity index (χ3n) is 6.65. The molecule has 0 aliphatic carbocycles. The molecule has 198 valence electrons. The number of anilines is 3. The van der Waals surface area contributed by atoms with Crippen molar-refractivity contribution in [1.29, 1.82) is 0 Å². The second-order valence-electron chi connectivity index (χ2n) is 9.15. The fourth-order valence-electron chi connectivity index (χ4n) is 4.54.